The van der Waals surface area contributed by atoms with Crippen molar-refractivity contribution in [2.75, 3.05) is 7.11 Å². The molecule has 0 saturated heterocycles. The van der Waals surface area contributed by atoms with Gasteiger partial charge in [-0.25, -0.2) is 10.0 Å². The molecule has 0 aromatic heterocycles. The molecule has 1 N–H and O–H groups in total. The first kappa shape index (κ1) is 12.9. The average Bonchev–Trinajstić information content (AvgIpc) is 2.37. The number of methoxy groups -OCH3 is 1. The lowest BCUT2D eigenvalue weighted by Crippen LogP contribution is -2.22. The van der Waals surface area contributed by atoms with Crippen molar-refractivity contribution in [3.8, 4) is 5.75 Å². The lowest BCUT2D eigenvalue weighted by atomic mass is 10.2. The van der Waals surface area contributed by atoms with Crippen molar-refractivity contribution in [1.82, 2.24) is 5.01 Å². The van der Waals surface area contributed by atoms with E-state index in [0.29, 0.717) is 12.4 Å². The number of rotatable bonds is 5. The molecule has 0 amide bonds. The number of hydrogen-bond donors (Lipinski definition) is 1. The van der Waals surface area contributed by atoms with Gasteiger partial charge in [0.05, 0.1) is 13.7 Å². The Kier molecular flexibility index (Phi) is 4.87. The molecule has 1 aromatic rings. The predicted octanol–water partition coefficient (Wildman–Crippen LogP) is 2.14. The van der Waals surface area contributed by atoms with Gasteiger partial charge in [-0.3, -0.25) is 5.41 Å². The largest absolute Gasteiger partial charge is 0.497 e. The van der Waals surface area contributed by atoms with Gasteiger partial charge < -0.3 is 4.74 Å². The van der Waals surface area contributed by atoms with Gasteiger partial charge in [0.2, 0.25) is 0 Å². The maximum Gasteiger partial charge on any atom is 0.124 e. The van der Waals surface area contributed by atoms with E-state index in [9.17, 15) is 0 Å². The van der Waals surface area contributed by atoms with Gasteiger partial charge in [0.1, 0.15) is 17.9 Å². The first-order chi connectivity index (χ1) is 8.21. The lowest BCUT2D eigenvalue weighted by Gasteiger charge is -2.17. The number of nitrogens with zero attached hydrogens (tertiary/aromatic N) is 3. The fourth-order valence-electron chi connectivity index (χ4n) is 1.33. The summed E-state index contributed by atoms with van der Waals surface area (Å²) in [6.07, 6.45) is 0.988. The van der Waals surface area contributed by atoms with Crippen molar-refractivity contribution in [1.29, 1.82) is 5.41 Å². The third kappa shape index (κ3) is 3.71. The quantitative estimate of drug-likeness (QED) is 0.480. The minimum Gasteiger partial charge on any atom is -0.497 e. The summed E-state index contributed by atoms with van der Waals surface area (Å²) in [6, 6.07) is 7.68. The summed E-state index contributed by atoms with van der Waals surface area (Å²) in [6.45, 7) is 5.84. The van der Waals surface area contributed by atoms with Crippen LogP contribution in [-0.4, -0.2) is 31.0 Å². The minimum atomic E-state index is 0.566. The van der Waals surface area contributed by atoms with Crippen LogP contribution in [0.5, 0.6) is 5.75 Å². The highest BCUT2D eigenvalue weighted by Gasteiger charge is 2.05. The van der Waals surface area contributed by atoms with Crippen molar-refractivity contribution < 1.29 is 4.74 Å². The molecule has 0 atom stereocenters. The Hall–Kier alpha value is -2.17. The Morgan fingerprint density at radius 3 is 2.59 bits per heavy atom. The Morgan fingerprint density at radius 2 is 2.12 bits per heavy atom. The van der Waals surface area contributed by atoms with Crippen molar-refractivity contribution >= 4 is 18.9 Å². The zero-order valence-electron chi connectivity index (χ0n) is 10.1. The van der Waals surface area contributed by atoms with E-state index >= 15 is 0 Å². The van der Waals surface area contributed by atoms with Crippen LogP contribution in [0.3, 0.4) is 0 Å². The van der Waals surface area contributed by atoms with Crippen LogP contribution in [0.2, 0.25) is 0 Å². The van der Waals surface area contributed by atoms with Gasteiger partial charge in [-0.05, 0) is 24.6 Å². The Bertz CT molecular complexity index is 411. The number of hydrogen-bond acceptors (Lipinski definition) is 3. The highest BCUT2D eigenvalue weighted by molar-refractivity contribution is 5.86. The summed E-state index contributed by atoms with van der Waals surface area (Å²) in [5, 5.41) is 12.4. The zero-order valence-corrected chi connectivity index (χ0v) is 10.1. The Labute approximate surface area is 101 Å². The van der Waals surface area contributed by atoms with Crippen LogP contribution >= 0.6 is 0 Å². The smallest absolute Gasteiger partial charge is 0.124 e. The van der Waals surface area contributed by atoms with E-state index in [1.807, 2.05) is 24.3 Å². The third-order valence-corrected chi connectivity index (χ3v) is 2.29. The molecule has 1 rings (SSSR count). The summed E-state index contributed by atoms with van der Waals surface area (Å²) in [5.41, 5.74) is 1.07. The van der Waals surface area contributed by atoms with E-state index in [4.69, 9.17) is 10.1 Å². The molecule has 0 radical (unpaired) electrons. The van der Waals surface area contributed by atoms with Crippen LogP contribution < -0.4 is 4.74 Å². The average molecular weight is 232 g/mol. The molecule has 0 heterocycles. The predicted molar refractivity (Wildman–Crippen MR) is 70.0 cm³/mol. The maximum atomic E-state index is 6.92. The summed E-state index contributed by atoms with van der Waals surface area (Å²) in [5.74, 6) is 1.45. The molecule has 0 aliphatic heterocycles. The Balaban J connectivity index is 2.76. The number of amidine groups is 1. The van der Waals surface area contributed by atoms with Crippen LogP contribution in [0.15, 0.2) is 34.4 Å². The van der Waals surface area contributed by atoms with Crippen molar-refractivity contribution in [2.45, 2.75) is 13.5 Å². The molecule has 0 spiro atoms. The first-order valence-corrected chi connectivity index (χ1v) is 5.11. The van der Waals surface area contributed by atoms with E-state index in [1.165, 1.54) is 0 Å². The lowest BCUT2D eigenvalue weighted by molar-refractivity contribution is 0.413. The van der Waals surface area contributed by atoms with Crippen molar-refractivity contribution in [2.24, 2.45) is 10.1 Å². The standard InChI is InChI=1S/C12H16N4O/c1-10(15-9-13)16(14-2)8-11-4-6-12(17-3)7-5-11/h4-7,9,13H,2,8H2,1,3H3/b13-9?,15-10+. The Morgan fingerprint density at radius 1 is 1.47 bits per heavy atom. The fourth-order valence-corrected chi connectivity index (χ4v) is 1.33. The van der Waals surface area contributed by atoms with Crippen LogP contribution in [0.4, 0.5) is 0 Å². The van der Waals surface area contributed by atoms with E-state index < -0.39 is 0 Å². The minimum absolute atomic E-state index is 0.566. The number of ether oxygens (including phenoxy) is 1. The van der Waals surface area contributed by atoms with Gasteiger partial charge in [-0.1, -0.05) is 12.1 Å². The van der Waals surface area contributed by atoms with Gasteiger partial charge in [0.25, 0.3) is 0 Å². The van der Waals surface area contributed by atoms with Gasteiger partial charge in [-0.2, -0.15) is 5.10 Å². The highest BCUT2D eigenvalue weighted by atomic mass is 16.5. The molecular weight excluding hydrogens is 216 g/mol. The molecule has 5 heteroatoms. The molecule has 0 unspecified atom stereocenters. The first-order valence-electron chi connectivity index (χ1n) is 5.11. The van der Waals surface area contributed by atoms with E-state index in [0.717, 1.165) is 17.7 Å². The van der Waals surface area contributed by atoms with Crippen LogP contribution in [0.1, 0.15) is 12.5 Å². The number of benzene rings is 1. The number of hydrazone groups is 1. The molecule has 90 valence electrons. The summed E-state index contributed by atoms with van der Waals surface area (Å²) in [4.78, 5) is 3.85. The summed E-state index contributed by atoms with van der Waals surface area (Å²) >= 11 is 0. The molecule has 5 nitrogen and oxygen atoms in total. The molecule has 17 heavy (non-hydrogen) atoms. The van der Waals surface area contributed by atoms with Gasteiger partial charge in [0.15, 0.2) is 0 Å². The second-order valence-electron chi connectivity index (χ2n) is 3.35. The van der Waals surface area contributed by atoms with E-state index in [2.05, 4.69) is 16.8 Å². The van der Waals surface area contributed by atoms with Crippen LogP contribution in [0.25, 0.3) is 0 Å². The molecule has 0 fully saturated rings. The SMILES string of the molecule is C=NN(Cc1ccc(OC)cc1)/C(C)=N/C=N. The van der Waals surface area contributed by atoms with Gasteiger partial charge >= 0.3 is 0 Å². The fraction of sp³-hybridized carbons (Fsp3) is 0.250. The van der Waals surface area contributed by atoms with Crippen molar-refractivity contribution in [3.63, 3.8) is 0 Å². The van der Waals surface area contributed by atoms with Crippen molar-refractivity contribution in [3.05, 3.63) is 29.8 Å². The molecule has 0 aliphatic carbocycles. The monoisotopic (exact) mass is 232 g/mol. The maximum absolute atomic E-state index is 6.92. The van der Waals surface area contributed by atoms with Gasteiger partial charge in [-0.15, -0.1) is 0 Å². The van der Waals surface area contributed by atoms with E-state index in [1.54, 1.807) is 19.0 Å². The normalized spacial score (nSPS) is 10.8. The molecular formula is C12H16N4O. The summed E-state index contributed by atoms with van der Waals surface area (Å²) < 4.78 is 5.08. The number of nitrogens with one attached hydrogen (secondary N) is 1. The molecule has 1 aromatic carbocycles. The third-order valence-electron chi connectivity index (χ3n) is 2.29. The second kappa shape index (κ2) is 6.42. The molecule has 0 aliphatic rings. The number of aliphatic imine (C=N–C) groups is 1. The summed E-state index contributed by atoms with van der Waals surface area (Å²) in [7, 11) is 1.63. The second-order valence-corrected chi connectivity index (χ2v) is 3.35. The van der Waals surface area contributed by atoms with Crippen LogP contribution in [-0.2, 0) is 6.54 Å². The van der Waals surface area contributed by atoms with Gasteiger partial charge in [0, 0.05) is 6.72 Å². The van der Waals surface area contributed by atoms with E-state index in [-0.39, 0.29) is 0 Å². The highest BCUT2D eigenvalue weighted by Crippen LogP contribution is 2.13. The molecule has 0 saturated carbocycles. The topological polar surface area (TPSA) is 61.0 Å². The molecule has 0 bridgehead atoms. The van der Waals surface area contributed by atoms with Crippen LogP contribution in [0, 0.1) is 5.41 Å². The zero-order chi connectivity index (χ0) is 12.7.